The second kappa shape index (κ2) is 9.87. The van der Waals surface area contributed by atoms with Crippen LogP contribution < -0.4 is 20.1 Å². The van der Waals surface area contributed by atoms with Crippen molar-refractivity contribution in [2.24, 2.45) is 0 Å². The lowest BCUT2D eigenvalue weighted by molar-refractivity contribution is 0.191. The summed E-state index contributed by atoms with van der Waals surface area (Å²) in [6.45, 7) is 12.1. The van der Waals surface area contributed by atoms with Crippen molar-refractivity contribution in [2.75, 3.05) is 78.7 Å². The van der Waals surface area contributed by atoms with Crippen LogP contribution in [0.25, 0.3) is 21.8 Å². The predicted molar refractivity (Wildman–Crippen MR) is 125 cm³/mol. The highest BCUT2D eigenvalue weighted by Gasteiger charge is 2.11. The molecule has 2 fully saturated rings. The van der Waals surface area contributed by atoms with Crippen molar-refractivity contribution >= 4 is 21.8 Å². The molecule has 2 aliphatic heterocycles. The Labute approximate surface area is 183 Å². The molecule has 0 aliphatic carbocycles. The lowest BCUT2D eigenvalue weighted by Gasteiger charge is -2.26. The molecule has 3 aromatic rings. The smallest absolute Gasteiger partial charge is 0.121 e. The molecular formula is C24H33N5O2. The molecule has 2 saturated heterocycles. The molecule has 2 aliphatic rings. The van der Waals surface area contributed by atoms with E-state index >= 15 is 0 Å². The number of piperazine rings is 2. The minimum absolute atomic E-state index is 0.719. The predicted octanol–water partition coefficient (Wildman–Crippen LogP) is 1.89. The van der Waals surface area contributed by atoms with Crippen LogP contribution in [0.15, 0.2) is 36.4 Å². The minimum Gasteiger partial charge on any atom is -0.492 e. The summed E-state index contributed by atoms with van der Waals surface area (Å²) in [4.78, 5) is 8.43. The first-order valence-corrected chi connectivity index (χ1v) is 11.5. The van der Waals surface area contributed by atoms with E-state index in [2.05, 4.69) is 61.8 Å². The van der Waals surface area contributed by atoms with Gasteiger partial charge in [0.15, 0.2) is 0 Å². The second-order valence-corrected chi connectivity index (χ2v) is 8.42. The van der Waals surface area contributed by atoms with Gasteiger partial charge in [-0.2, -0.15) is 0 Å². The highest BCUT2D eigenvalue weighted by molar-refractivity contribution is 6.07. The zero-order chi connectivity index (χ0) is 20.9. The molecule has 1 aromatic heterocycles. The molecule has 0 amide bonds. The molecule has 31 heavy (non-hydrogen) atoms. The first-order chi connectivity index (χ1) is 15.3. The molecule has 7 heteroatoms. The van der Waals surface area contributed by atoms with Gasteiger partial charge < -0.3 is 25.1 Å². The van der Waals surface area contributed by atoms with E-state index in [-0.39, 0.29) is 0 Å². The van der Waals surface area contributed by atoms with Crippen LogP contribution in [0.2, 0.25) is 0 Å². The normalized spacial score (nSPS) is 18.6. The SMILES string of the molecule is c1cc2c(cc1OCCN1CCNCC1)[nH]c1cc(OCCN3CCNCC3)ccc12. The van der Waals surface area contributed by atoms with Gasteiger partial charge in [0, 0.05) is 88.4 Å². The summed E-state index contributed by atoms with van der Waals surface area (Å²) < 4.78 is 12.1. The molecule has 166 valence electrons. The fraction of sp³-hybridized carbons (Fsp3) is 0.500. The van der Waals surface area contributed by atoms with Gasteiger partial charge in [0.25, 0.3) is 0 Å². The second-order valence-electron chi connectivity index (χ2n) is 8.42. The minimum atomic E-state index is 0.719. The molecule has 0 saturated carbocycles. The summed E-state index contributed by atoms with van der Waals surface area (Å²) in [5.41, 5.74) is 2.21. The average Bonchev–Trinajstić information content (AvgIpc) is 3.17. The Morgan fingerprint density at radius 1 is 0.645 bits per heavy atom. The summed E-state index contributed by atoms with van der Waals surface area (Å²) in [5, 5.41) is 9.21. The highest BCUT2D eigenvalue weighted by Crippen LogP contribution is 2.30. The van der Waals surface area contributed by atoms with Crippen LogP contribution in [0.3, 0.4) is 0 Å². The Hall–Kier alpha value is -2.32. The monoisotopic (exact) mass is 423 g/mol. The molecular weight excluding hydrogens is 390 g/mol. The Morgan fingerprint density at radius 3 is 1.55 bits per heavy atom. The maximum Gasteiger partial charge on any atom is 0.121 e. The Bertz CT molecular complexity index is 914. The van der Waals surface area contributed by atoms with E-state index in [1.807, 2.05) is 0 Å². The number of rotatable bonds is 8. The number of aromatic nitrogens is 1. The van der Waals surface area contributed by atoms with Crippen LogP contribution in [-0.4, -0.2) is 93.4 Å². The lowest BCUT2D eigenvalue weighted by atomic mass is 10.1. The van der Waals surface area contributed by atoms with Crippen LogP contribution >= 0.6 is 0 Å². The molecule has 3 N–H and O–H groups in total. The third-order valence-electron chi connectivity index (χ3n) is 6.31. The average molecular weight is 424 g/mol. The molecule has 5 rings (SSSR count). The number of nitrogens with one attached hydrogen (secondary N) is 3. The fourth-order valence-corrected chi connectivity index (χ4v) is 4.50. The Morgan fingerprint density at radius 2 is 1.10 bits per heavy atom. The molecule has 0 atom stereocenters. The number of nitrogens with zero attached hydrogens (tertiary/aromatic N) is 2. The first kappa shape index (κ1) is 20.6. The van der Waals surface area contributed by atoms with E-state index < -0.39 is 0 Å². The van der Waals surface area contributed by atoms with Gasteiger partial charge >= 0.3 is 0 Å². The van der Waals surface area contributed by atoms with E-state index in [0.29, 0.717) is 0 Å². The van der Waals surface area contributed by atoms with Crippen LogP contribution in [0.1, 0.15) is 0 Å². The van der Waals surface area contributed by atoms with Gasteiger partial charge in [-0.15, -0.1) is 0 Å². The zero-order valence-electron chi connectivity index (χ0n) is 18.2. The Balaban J connectivity index is 1.20. The van der Waals surface area contributed by atoms with Gasteiger partial charge in [0.1, 0.15) is 24.7 Å². The number of benzene rings is 2. The van der Waals surface area contributed by atoms with Crippen LogP contribution in [0.4, 0.5) is 0 Å². The molecule has 0 spiro atoms. The molecule has 7 nitrogen and oxygen atoms in total. The fourth-order valence-electron chi connectivity index (χ4n) is 4.50. The molecule has 0 unspecified atom stereocenters. The largest absolute Gasteiger partial charge is 0.492 e. The van der Waals surface area contributed by atoms with Crippen molar-refractivity contribution in [1.82, 2.24) is 25.4 Å². The van der Waals surface area contributed by atoms with Crippen molar-refractivity contribution in [1.29, 1.82) is 0 Å². The summed E-state index contributed by atoms with van der Waals surface area (Å²) in [6, 6.07) is 12.7. The van der Waals surface area contributed by atoms with Crippen molar-refractivity contribution in [2.45, 2.75) is 0 Å². The third-order valence-corrected chi connectivity index (χ3v) is 6.31. The number of hydrogen-bond donors (Lipinski definition) is 3. The van der Waals surface area contributed by atoms with Gasteiger partial charge in [-0.3, -0.25) is 9.80 Å². The van der Waals surface area contributed by atoms with Crippen molar-refractivity contribution in [3.63, 3.8) is 0 Å². The third kappa shape index (κ3) is 5.13. The van der Waals surface area contributed by atoms with Gasteiger partial charge in [0.05, 0.1) is 11.0 Å². The van der Waals surface area contributed by atoms with Crippen molar-refractivity contribution in [3.05, 3.63) is 36.4 Å². The maximum atomic E-state index is 6.03. The number of fused-ring (bicyclic) bond motifs is 3. The summed E-state index contributed by atoms with van der Waals surface area (Å²) in [5.74, 6) is 1.84. The zero-order valence-corrected chi connectivity index (χ0v) is 18.2. The van der Waals surface area contributed by atoms with E-state index in [4.69, 9.17) is 9.47 Å². The van der Waals surface area contributed by atoms with E-state index in [9.17, 15) is 0 Å². The van der Waals surface area contributed by atoms with Crippen molar-refractivity contribution in [3.8, 4) is 11.5 Å². The van der Waals surface area contributed by atoms with Crippen LogP contribution in [0.5, 0.6) is 11.5 Å². The van der Waals surface area contributed by atoms with Crippen molar-refractivity contribution < 1.29 is 9.47 Å². The first-order valence-electron chi connectivity index (χ1n) is 11.5. The van der Waals surface area contributed by atoms with Crippen LogP contribution in [-0.2, 0) is 0 Å². The summed E-state index contributed by atoms with van der Waals surface area (Å²) >= 11 is 0. The topological polar surface area (TPSA) is 64.8 Å². The lowest BCUT2D eigenvalue weighted by Crippen LogP contribution is -2.44. The van der Waals surface area contributed by atoms with Gasteiger partial charge in [-0.05, 0) is 24.3 Å². The number of aromatic amines is 1. The highest BCUT2D eigenvalue weighted by atomic mass is 16.5. The number of hydrogen-bond acceptors (Lipinski definition) is 6. The Kier molecular flexibility index (Phi) is 6.55. The molecule has 0 radical (unpaired) electrons. The van der Waals surface area contributed by atoms with Crippen LogP contribution in [0, 0.1) is 0 Å². The number of H-pyrrole nitrogens is 1. The number of ether oxygens (including phenoxy) is 2. The standard InChI is InChI=1S/C24H33N5O2/c1-3-21-22-4-2-20(31-16-14-29-11-7-26-8-12-29)18-24(22)27-23(21)17-19(1)30-15-13-28-9-5-25-6-10-28/h1-4,17-18,25-27H,5-16H2. The van der Waals surface area contributed by atoms with Gasteiger partial charge in [-0.25, -0.2) is 0 Å². The molecule has 0 bridgehead atoms. The maximum absolute atomic E-state index is 6.03. The quantitative estimate of drug-likeness (QED) is 0.514. The molecule has 2 aromatic carbocycles. The van der Waals surface area contributed by atoms with E-state index in [1.165, 1.54) is 10.8 Å². The summed E-state index contributed by atoms with van der Waals surface area (Å²) in [6.07, 6.45) is 0. The van der Waals surface area contributed by atoms with E-state index in [1.54, 1.807) is 0 Å². The van der Waals surface area contributed by atoms with E-state index in [0.717, 1.165) is 101 Å². The summed E-state index contributed by atoms with van der Waals surface area (Å²) in [7, 11) is 0. The van der Waals surface area contributed by atoms with Gasteiger partial charge in [0.2, 0.25) is 0 Å². The molecule has 3 heterocycles. The van der Waals surface area contributed by atoms with Gasteiger partial charge in [-0.1, -0.05) is 0 Å².